The summed E-state index contributed by atoms with van der Waals surface area (Å²) < 4.78 is 29.9. The molecule has 1 aromatic carbocycles. The first kappa shape index (κ1) is 8.54. The van der Waals surface area contributed by atoms with Gasteiger partial charge in [0.05, 0.1) is 11.7 Å². The van der Waals surface area contributed by atoms with Crippen LogP contribution in [-0.4, -0.2) is 17.2 Å². The second-order valence-corrected chi connectivity index (χ2v) is 4.49. The van der Waals surface area contributed by atoms with E-state index in [9.17, 15) is 8.42 Å². The molecule has 0 aliphatic rings. The number of benzene rings is 1. The quantitative estimate of drug-likeness (QED) is 0.743. The summed E-state index contributed by atoms with van der Waals surface area (Å²) in [6, 6.07) is 4.69. The molecule has 2 N–H and O–H groups in total. The van der Waals surface area contributed by atoms with Crippen LogP contribution < -0.4 is 5.14 Å². The predicted octanol–water partition coefficient (Wildman–Crippen LogP) is 0.339. The fourth-order valence-corrected chi connectivity index (χ4v) is 2.31. The van der Waals surface area contributed by atoms with Gasteiger partial charge in [0.25, 0.3) is 0 Å². The first-order valence-corrected chi connectivity index (χ1v) is 5.61. The normalized spacial score (nSPS) is 12.1. The zero-order chi connectivity index (χ0) is 9.47. The summed E-state index contributed by atoms with van der Waals surface area (Å²) in [5.74, 6) is 0. The minimum Gasteiger partial charge on any atom is -0.225 e. The predicted molar refractivity (Wildman–Crippen MR) is 48.8 cm³/mol. The van der Waals surface area contributed by atoms with Crippen molar-refractivity contribution in [1.82, 2.24) is 8.75 Å². The van der Waals surface area contributed by atoms with Gasteiger partial charge in [0, 0.05) is 0 Å². The molecule has 2 rings (SSSR count). The van der Waals surface area contributed by atoms with Crippen molar-refractivity contribution >= 4 is 32.8 Å². The summed E-state index contributed by atoms with van der Waals surface area (Å²) >= 11 is 0.963. The SMILES string of the molecule is NS(=O)(=O)c1cccc2nsnc12. The van der Waals surface area contributed by atoms with Crippen molar-refractivity contribution in [2.45, 2.75) is 4.90 Å². The van der Waals surface area contributed by atoms with Crippen LogP contribution in [0.5, 0.6) is 0 Å². The van der Waals surface area contributed by atoms with Crippen LogP contribution in [0, 0.1) is 0 Å². The van der Waals surface area contributed by atoms with E-state index in [0.29, 0.717) is 11.0 Å². The fraction of sp³-hybridized carbons (Fsp3) is 0. The van der Waals surface area contributed by atoms with E-state index in [1.807, 2.05) is 0 Å². The molecule has 68 valence electrons. The molecule has 0 aliphatic heterocycles. The number of sulfonamides is 1. The van der Waals surface area contributed by atoms with E-state index >= 15 is 0 Å². The molecule has 0 unspecified atom stereocenters. The number of nitrogens with two attached hydrogens (primary N) is 1. The van der Waals surface area contributed by atoms with E-state index in [2.05, 4.69) is 8.75 Å². The first-order valence-electron chi connectivity index (χ1n) is 3.33. The fourth-order valence-electron chi connectivity index (χ4n) is 1.01. The molecule has 0 atom stereocenters. The Kier molecular flexibility index (Phi) is 1.79. The topological polar surface area (TPSA) is 85.9 Å². The number of nitrogens with zero attached hydrogens (tertiary/aromatic N) is 2. The van der Waals surface area contributed by atoms with E-state index < -0.39 is 10.0 Å². The Morgan fingerprint density at radius 1 is 1.31 bits per heavy atom. The van der Waals surface area contributed by atoms with Crippen LogP contribution in [0.3, 0.4) is 0 Å². The van der Waals surface area contributed by atoms with E-state index in [0.717, 1.165) is 11.7 Å². The zero-order valence-electron chi connectivity index (χ0n) is 6.34. The van der Waals surface area contributed by atoms with Gasteiger partial charge in [0.1, 0.15) is 15.9 Å². The van der Waals surface area contributed by atoms with Crippen molar-refractivity contribution in [1.29, 1.82) is 0 Å². The summed E-state index contributed by atoms with van der Waals surface area (Å²) in [5.41, 5.74) is 0.895. The van der Waals surface area contributed by atoms with E-state index in [4.69, 9.17) is 5.14 Å². The maximum atomic E-state index is 11.1. The number of aromatic nitrogens is 2. The Bertz CT molecular complexity index is 546. The number of rotatable bonds is 1. The van der Waals surface area contributed by atoms with Gasteiger partial charge in [0.15, 0.2) is 0 Å². The molecule has 1 heterocycles. The molecule has 0 saturated heterocycles. The Morgan fingerprint density at radius 2 is 2.08 bits per heavy atom. The Balaban J connectivity index is 2.91. The summed E-state index contributed by atoms with van der Waals surface area (Å²) in [6.45, 7) is 0. The minimum atomic E-state index is -3.70. The zero-order valence-corrected chi connectivity index (χ0v) is 7.97. The van der Waals surface area contributed by atoms with Gasteiger partial charge in [0.2, 0.25) is 10.0 Å². The molecular formula is C6H5N3O2S2. The van der Waals surface area contributed by atoms with Gasteiger partial charge in [-0.3, -0.25) is 0 Å². The van der Waals surface area contributed by atoms with Crippen LogP contribution in [0.15, 0.2) is 23.1 Å². The van der Waals surface area contributed by atoms with Crippen molar-refractivity contribution < 1.29 is 8.42 Å². The van der Waals surface area contributed by atoms with Gasteiger partial charge in [-0.05, 0) is 12.1 Å². The monoisotopic (exact) mass is 215 g/mol. The highest BCUT2D eigenvalue weighted by Crippen LogP contribution is 2.19. The van der Waals surface area contributed by atoms with Crippen molar-refractivity contribution in [3.63, 3.8) is 0 Å². The third kappa shape index (κ3) is 1.41. The molecule has 0 spiro atoms. The van der Waals surface area contributed by atoms with Crippen molar-refractivity contribution in [2.24, 2.45) is 5.14 Å². The molecule has 5 nitrogen and oxygen atoms in total. The number of hydrogen-bond acceptors (Lipinski definition) is 5. The highest BCUT2D eigenvalue weighted by atomic mass is 32.2. The average Bonchev–Trinajstić information content (AvgIpc) is 2.48. The third-order valence-electron chi connectivity index (χ3n) is 1.56. The Morgan fingerprint density at radius 3 is 2.77 bits per heavy atom. The lowest BCUT2D eigenvalue weighted by atomic mass is 10.3. The molecule has 0 radical (unpaired) electrons. The molecule has 1 aromatic heterocycles. The van der Waals surface area contributed by atoms with Crippen LogP contribution in [0.25, 0.3) is 11.0 Å². The lowest BCUT2D eigenvalue weighted by Crippen LogP contribution is -2.12. The Labute approximate surface area is 78.6 Å². The smallest absolute Gasteiger partial charge is 0.225 e. The largest absolute Gasteiger partial charge is 0.240 e. The van der Waals surface area contributed by atoms with Crippen LogP contribution in [-0.2, 0) is 10.0 Å². The van der Waals surface area contributed by atoms with Crippen LogP contribution in [0.1, 0.15) is 0 Å². The van der Waals surface area contributed by atoms with Crippen LogP contribution in [0.2, 0.25) is 0 Å². The molecule has 0 saturated carbocycles. The standard InChI is InChI=1S/C6H5N3O2S2/c7-13(10,11)5-3-1-2-4-6(5)9-12-8-4/h1-3H,(H2,7,10,11). The second kappa shape index (κ2) is 2.72. The van der Waals surface area contributed by atoms with E-state index in [1.165, 1.54) is 6.07 Å². The highest BCUT2D eigenvalue weighted by molar-refractivity contribution is 7.89. The van der Waals surface area contributed by atoms with Gasteiger partial charge in [-0.1, -0.05) is 6.07 Å². The van der Waals surface area contributed by atoms with Gasteiger partial charge in [-0.25, -0.2) is 13.6 Å². The van der Waals surface area contributed by atoms with Gasteiger partial charge in [-0.15, -0.1) is 0 Å². The number of primary sulfonamides is 1. The second-order valence-electron chi connectivity index (χ2n) is 2.43. The van der Waals surface area contributed by atoms with Gasteiger partial charge in [-0.2, -0.15) is 8.75 Å². The lowest BCUT2D eigenvalue weighted by Gasteiger charge is -1.96. The van der Waals surface area contributed by atoms with Crippen LogP contribution >= 0.6 is 11.7 Å². The minimum absolute atomic E-state index is 0.0266. The molecule has 0 fully saturated rings. The summed E-state index contributed by atoms with van der Waals surface area (Å²) in [7, 11) is -3.70. The van der Waals surface area contributed by atoms with Crippen molar-refractivity contribution in [3.8, 4) is 0 Å². The molecular weight excluding hydrogens is 210 g/mol. The summed E-state index contributed by atoms with van der Waals surface area (Å²) in [4.78, 5) is 0.0266. The molecule has 2 aromatic rings. The molecule has 0 bridgehead atoms. The summed E-state index contributed by atoms with van der Waals surface area (Å²) in [6.07, 6.45) is 0. The molecule has 13 heavy (non-hydrogen) atoms. The lowest BCUT2D eigenvalue weighted by molar-refractivity contribution is 0.598. The van der Waals surface area contributed by atoms with E-state index in [1.54, 1.807) is 12.1 Å². The van der Waals surface area contributed by atoms with E-state index in [-0.39, 0.29) is 4.90 Å². The number of hydrogen-bond donors (Lipinski definition) is 1. The molecule has 7 heteroatoms. The average molecular weight is 215 g/mol. The first-order chi connectivity index (χ1) is 6.09. The number of fused-ring (bicyclic) bond motifs is 1. The third-order valence-corrected chi connectivity index (χ3v) is 3.04. The van der Waals surface area contributed by atoms with Gasteiger partial charge >= 0.3 is 0 Å². The Hall–Kier alpha value is -1.05. The molecule has 0 amide bonds. The summed E-state index contributed by atoms with van der Waals surface area (Å²) in [5, 5.41) is 4.99. The highest BCUT2D eigenvalue weighted by Gasteiger charge is 2.14. The maximum Gasteiger partial charge on any atom is 0.240 e. The molecule has 0 aliphatic carbocycles. The van der Waals surface area contributed by atoms with Crippen LogP contribution in [0.4, 0.5) is 0 Å². The van der Waals surface area contributed by atoms with Gasteiger partial charge < -0.3 is 0 Å². The van der Waals surface area contributed by atoms with Crippen molar-refractivity contribution in [2.75, 3.05) is 0 Å². The maximum absolute atomic E-state index is 11.1. The van der Waals surface area contributed by atoms with Crippen molar-refractivity contribution in [3.05, 3.63) is 18.2 Å².